The number of aliphatic hydroxyl groups excluding tert-OH is 2. The van der Waals surface area contributed by atoms with E-state index in [1.165, 1.54) is 30.3 Å². The van der Waals surface area contributed by atoms with Crippen molar-refractivity contribution in [1.82, 2.24) is 16.0 Å². The lowest BCUT2D eigenvalue weighted by Crippen LogP contribution is -2.57. The number of amides is 3. The topological polar surface area (TPSA) is 165 Å². The molecule has 0 aliphatic heterocycles. The summed E-state index contributed by atoms with van der Waals surface area (Å²) in [5.41, 5.74) is 1.18. The van der Waals surface area contributed by atoms with Gasteiger partial charge in [0.05, 0.1) is 13.2 Å². The van der Waals surface area contributed by atoms with E-state index in [1.54, 1.807) is 30.3 Å². The van der Waals surface area contributed by atoms with Gasteiger partial charge in [0.1, 0.15) is 23.9 Å². The van der Waals surface area contributed by atoms with Crippen molar-refractivity contribution in [3.8, 4) is 0 Å². The van der Waals surface area contributed by atoms with Crippen molar-refractivity contribution < 1.29 is 38.9 Å². The molecule has 0 aliphatic carbocycles. The minimum Gasteiger partial charge on any atom is -0.480 e. The lowest BCUT2D eigenvalue weighted by Gasteiger charge is -2.23. The zero-order chi connectivity index (χ0) is 25.8. The summed E-state index contributed by atoms with van der Waals surface area (Å²) in [6.45, 7) is -1.64. The summed E-state index contributed by atoms with van der Waals surface area (Å²) < 4.78 is 13.0. The highest BCUT2D eigenvalue weighted by Crippen LogP contribution is 2.06. The van der Waals surface area contributed by atoms with Gasteiger partial charge >= 0.3 is 5.97 Å². The molecular formula is C24H26FN3O7. The van der Waals surface area contributed by atoms with Crippen LogP contribution in [-0.4, -0.2) is 70.3 Å². The third kappa shape index (κ3) is 8.99. The van der Waals surface area contributed by atoms with Crippen LogP contribution in [-0.2, 0) is 25.6 Å². The number of carboxylic acids is 1. The molecule has 3 amide bonds. The van der Waals surface area contributed by atoms with Crippen LogP contribution in [0, 0.1) is 5.82 Å². The first kappa shape index (κ1) is 27.2. The Morgan fingerprint density at radius 3 is 1.94 bits per heavy atom. The third-order valence-electron chi connectivity index (χ3n) is 4.83. The molecule has 2 aromatic carbocycles. The zero-order valence-electron chi connectivity index (χ0n) is 18.6. The van der Waals surface area contributed by atoms with Crippen LogP contribution in [0.2, 0.25) is 0 Å². The van der Waals surface area contributed by atoms with Crippen LogP contribution in [0.15, 0.2) is 60.7 Å². The van der Waals surface area contributed by atoms with Crippen molar-refractivity contribution in [3.05, 3.63) is 77.6 Å². The summed E-state index contributed by atoms with van der Waals surface area (Å²) in [7, 11) is 0. The van der Waals surface area contributed by atoms with Crippen molar-refractivity contribution in [3.63, 3.8) is 0 Å². The van der Waals surface area contributed by atoms with Crippen molar-refractivity contribution in [2.45, 2.75) is 24.5 Å². The molecule has 2 aromatic rings. The molecule has 2 rings (SSSR count). The standard InChI is InChI=1S/C24H26FN3O7/c25-17-9-6-15(7-10-17)8-11-21(31)26-19(13-29)23(33)27-18(12-16-4-2-1-3-5-16)22(32)28-20(14-30)24(34)35/h1-11,18-20,29-30H,12-14H2,(H,26,31)(H,27,33)(H,28,32)(H,34,35)/b11-8+/t18-,19-,20-/m0/s1. The Hall–Kier alpha value is -4.09. The minimum atomic E-state index is -1.58. The molecule has 186 valence electrons. The van der Waals surface area contributed by atoms with E-state index in [4.69, 9.17) is 5.11 Å². The summed E-state index contributed by atoms with van der Waals surface area (Å²) in [6.07, 6.45) is 2.45. The summed E-state index contributed by atoms with van der Waals surface area (Å²) in [6, 6.07) is 9.61. The van der Waals surface area contributed by atoms with Gasteiger partial charge < -0.3 is 31.3 Å². The molecule has 0 fully saturated rings. The van der Waals surface area contributed by atoms with E-state index in [1.807, 2.05) is 0 Å². The van der Waals surface area contributed by atoms with Gasteiger partial charge in [-0.05, 0) is 29.3 Å². The highest BCUT2D eigenvalue weighted by molar-refractivity contribution is 5.97. The number of benzene rings is 2. The first-order valence-corrected chi connectivity index (χ1v) is 10.6. The molecule has 0 radical (unpaired) electrons. The van der Waals surface area contributed by atoms with Crippen LogP contribution in [0.25, 0.3) is 6.08 Å². The first-order valence-electron chi connectivity index (χ1n) is 10.6. The summed E-state index contributed by atoms with van der Waals surface area (Å²) in [4.78, 5) is 48.8. The summed E-state index contributed by atoms with van der Waals surface area (Å²) in [5.74, 6) is -4.38. The predicted octanol–water partition coefficient (Wildman–Crippen LogP) is -0.395. The van der Waals surface area contributed by atoms with Gasteiger partial charge in [0.25, 0.3) is 0 Å². The maximum absolute atomic E-state index is 13.0. The van der Waals surface area contributed by atoms with Gasteiger partial charge in [0.15, 0.2) is 0 Å². The Morgan fingerprint density at radius 2 is 1.37 bits per heavy atom. The average molecular weight is 487 g/mol. The largest absolute Gasteiger partial charge is 0.480 e. The van der Waals surface area contributed by atoms with E-state index in [0.29, 0.717) is 11.1 Å². The Bertz CT molecular complexity index is 1040. The summed E-state index contributed by atoms with van der Waals surface area (Å²) in [5, 5.41) is 34.7. The van der Waals surface area contributed by atoms with Crippen molar-refractivity contribution in [1.29, 1.82) is 0 Å². The second kappa shape index (κ2) is 13.6. The zero-order valence-corrected chi connectivity index (χ0v) is 18.6. The van der Waals surface area contributed by atoms with E-state index < -0.39 is 60.8 Å². The molecule has 0 saturated carbocycles. The molecule has 0 bridgehead atoms. The monoisotopic (exact) mass is 487 g/mol. The van der Waals surface area contributed by atoms with Crippen LogP contribution in [0.4, 0.5) is 4.39 Å². The Labute approximate surface area is 200 Å². The molecule has 0 spiro atoms. The molecule has 6 N–H and O–H groups in total. The van der Waals surface area contributed by atoms with E-state index in [0.717, 1.165) is 6.08 Å². The number of carbonyl (C=O) groups excluding carboxylic acids is 3. The molecule has 35 heavy (non-hydrogen) atoms. The maximum atomic E-state index is 13.0. The van der Waals surface area contributed by atoms with Crippen molar-refractivity contribution in [2.24, 2.45) is 0 Å². The molecule has 0 saturated heterocycles. The Kier molecular flexibility index (Phi) is 10.5. The highest BCUT2D eigenvalue weighted by Gasteiger charge is 2.29. The number of carboxylic acid groups (broad SMARTS) is 1. The number of rotatable bonds is 12. The summed E-state index contributed by atoms with van der Waals surface area (Å²) >= 11 is 0. The second-order valence-electron chi connectivity index (χ2n) is 7.46. The van der Waals surface area contributed by atoms with Crippen molar-refractivity contribution >= 4 is 29.8 Å². The SMILES string of the molecule is O=C(/C=C/c1ccc(F)cc1)N[C@@H](CO)C(=O)N[C@@H](Cc1ccccc1)C(=O)N[C@@H](CO)C(=O)O. The van der Waals surface area contributed by atoms with Gasteiger partial charge in [-0.3, -0.25) is 14.4 Å². The van der Waals surface area contributed by atoms with Gasteiger partial charge in [-0.1, -0.05) is 42.5 Å². The van der Waals surface area contributed by atoms with Crippen LogP contribution in [0.5, 0.6) is 0 Å². The molecule has 0 heterocycles. The normalized spacial score (nSPS) is 13.5. The molecule has 11 heteroatoms. The van der Waals surface area contributed by atoms with Gasteiger partial charge in [-0.2, -0.15) is 0 Å². The third-order valence-corrected chi connectivity index (χ3v) is 4.83. The van der Waals surface area contributed by atoms with Gasteiger partial charge in [0, 0.05) is 12.5 Å². The van der Waals surface area contributed by atoms with E-state index >= 15 is 0 Å². The molecule has 10 nitrogen and oxygen atoms in total. The number of halogens is 1. The van der Waals surface area contributed by atoms with Crippen LogP contribution >= 0.6 is 0 Å². The van der Waals surface area contributed by atoms with Crippen LogP contribution < -0.4 is 16.0 Å². The lowest BCUT2D eigenvalue weighted by atomic mass is 10.0. The molecule has 0 unspecified atom stereocenters. The van der Waals surface area contributed by atoms with Gasteiger partial charge in [-0.25, -0.2) is 9.18 Å². The fraction of sp³-hybridized carbons (Fsp3) is 0.250. The molecule has 0 aromatic heterocycles. The van der Waals surface area contributed by atoms with Crippen molar-refractivity contribution in [2.75, 3.05) is 13.2 Å². The highest BCUT2D eigenvalue weighted by atomic mass is 19.1. The van der Waals surface area contributed by atoms with E-state index in [-0.39, 0.29) is 6.42 Å². The predicted molar refractivity (Wildman–Crippen MR) is 123 cm³/mol. The number of aliphatic hydroxyl groups is 2. The first-order chi connectivity index (χ1) is 16.7. The molecule has 3 atom stereocenters. The Morgan fingerprint density at radius 1 is 0.800 bits per heavy atom. The quantitative estimate of drug-likeness (QED) is 0.222. The van der Waals surface area contributed by atoms with E-state index in [2.05, 4.69) is 16.0 Å². The van der Waals surface area contributed by atoms with Gasteiger partial charge in [-0.15, -0.1) is 0 Å². The van der Waals surface area contributed by atoms with Crippen LogP contribution in [0.1, 0.15) is 11.1 Å². The number of aliphatic carboxylic acids is 1. The fourth-order valence-electron chi connectivity index (χ4n) is 2.95. The Balaban J connectivity index is 2.09. The van der Waals surface area contributed by atoms with Crippen LogP contribution in [0.3, 0.4) is 0 Å². The number of hydrogen-bond acceptors (Lipinski definition) is 6. The molecule has 0 aliphatic rings. The average Bonchev–Trinajstić information content (AvgIpc) is 2.85. The van der Waals surface area contributed by atoms with Gasteiger partial charge in [0.2, 0.25) is 17.7 Å². The molecular weight excluding hydrogens is 461 g/mol. The number of carbonyl (C=O) groups is 4. The fourth-order valence-corrected chi connectivity index (χ4v) is 2.95. The minimum absolute atomic E-state index is 0.0211. The lowest BCUT2D eigenvalue weighted by molar-refractivity contribution is -0.143. The number of hydrogen-bond donors (Lipinski definition) is 6. The smallest absolute Gasteiger partial charge is 0.328 e. The number of nitrogens with one attached hydrogen (secondary N) is 3. The van der Waals surface area contributed by atoms with E-state index in [9.17, 15) is 33.8 Å². The maximum Gasteiger partial charge on any atom is 0.328 e. The second-order valence-corrected chi connectivity index (χ2v) is 7.46.